The Morgan fingerprint density at radius 3 is 3.17 bits per heavy atom. The predicted molar refractivity (Wildman–Crippen MR) is 77.2 cm³/mol. The van der Waals surface area contributed by atoms with Crippen LogP contribution in [0, 0.1) is 0 Å². The van der Waals surface area contributed by atoms with Crippen molar-refractivity contribution >= 4 is 23.2 Å². The molecule has 1 unspecified atom stereocenters. The van der Waals surface area contributed by atoms with Gasteiger partial charge in [-0.15, -0.1) is 0 Å². The summed E-state index contributed by atoms with van der Waals surface area (Å²) in [5.74, 6) is 2.23. The maximum absolute atomic E-state index is 5.91. The monoisotopic (exact) mass is 262 g/mol. The fraction of sp³-hybridized carbons (Fsp3) is 0.462. The van der Waals surface area contributed by atoms with E-state index >= 15 is 0 Å². The van der Waals surface area contributed by atoms with Crippen molar-refractivity contribution in [3.05, 3.63) is 30.1 Å². The standard InChI is InChI=1S/C13H18N4S/c1-10-9-16(6-7-18-10)13-11(8-14)17-5-3-2-4-12(17)15-13/h2-5,10H,6-9,14H2,1H3. The fourth-order valence-electron chi connectivity index (χ4n) is 2.49. The van der Waals surface area contributed by atoms with Crippen molar-refractivity contribution in [1.29, 1.82) is 0 Å². The number of thioether (sulfide) groups is 1. The first-order chi connectivity index (χ1) is 8.79. The van der Waals surface area contributed by atoms with Gasteiger partial charge in [-0.05, 0) is 12.1 Å². The molecular weight excluding hydrogens is 244 g/mol. The Hall–Kier alpha value is -1.20. The molecule has 2 aromatic heterocycles. The van der Waals surface area contributed by atoms with Gasteiger partial charge in [-0.2, -0.15) is 11.8 Å². The number of nitrogens with zero attached hydrogens (tertiary/aromatic N) is 3. The number of anilines is 1. The fourth-order valence-corrected chi connectivity index (χ4v) is 3.50. The van der Waals surface area contributed by atoms with Gasteiger partial charge in [0.15, 0.2) is 5.82 Å². The minimum atomic E-state index is 0.526. The van der Waals surface area contributed by atoms with E-state index in [1.165, 1.54) is 5.75 Å². The van der Waals surface area contributed by atoms with Gasteiger partial charge in [0.1, 0.15) is 5.65 Å². The zero-order valence-electron chi connectivity index (χ0n) is 10.5. The Bertz CT molecular complexity index is 551. The second kappa shape index (κ2) is 4.82. The highest BCUT2D eigenvalue weighted by Gasteiger charge is 2.22. The Morgan fingerprint density at radius 2 is 2.39 bits per heavy atom. The van der Waals surface area contributed by atoms with Gasteiger partial charge in [0, 0.05) is 36.8 Å². The van der Waals surface area contributed by atoms with Crippen LogP contribution in [-0.2, 0) is 6.54 Å². The van der Waals surface area contributed by atoms with Crippen LogP contribution in [0.25, 0.3) is 5.65 Å². The zero-order chi connectivity index (χ0) is 12.5. The highest BCUT2D eigenvalue weighted by Crippen LogP contribution is 2.26. The number of fused-ring (bicyclic) bond motifs is 1. The van der Waals surface area contributed by atoms with Crippen molar-refractivity contribution in [2.75, 3.05) is 23.7 Å². The molecule has 0 bridgehead atoms. The Morgan fingerprint density at radius 1 is 1.50 bits per heavy atom. The number of nitrogens with two attached hydrogens (primary N) is 1. The molecule has 4 nitrogen and oxygen atoms in total. The van der Waals surface area contributed by atoms with E-state index in [1.807, 2.05) is 36.2 Å². The van der Waals surface area contributed by atoms with E-state index in [2.05, 4.69) is 16.2 Å². The average molecular weight is 262 g/mol. The third kappa shape index (κ3) is 1.97. The highest BCUT2D eigenvalue weighted by atomic mass is 32.2. The van der Waals surface area contributed by atoms with Crippen LogP contribution in [0.1, 0.15) is 12.6 Å². The van der Waals surface area contributed by atoms with Gasteiger partial charge in [-0.25, -0.2) is 4.98 Å². The average Bonchev–Trinajstić information content (AvgIpc) is 2.77. The minimum absolute atomic E-state index is 0.526. The summed E-state index contributed by atoms with van der Waals surface area (Å²) in [7, 11) is 0. The van der Waals surface area contributed by atoms with Crippen molar-refractivity contribution in [3.63, 3.8) is 0 Å². The van der Waals surface area contributed by atoms with Gasteiger partial charge in [-0.3, -0.25) is 0 Å². The molecule has 0 aliphatic carbocycles. The first-order valence-corrected chi connectivity index (χ1v) is 7.37. The third-order valence-corrected chi connectivity index (χ3v) is 4.48. The second-order valence-corrected chi connectivity index (χ2v) is 6.19. The van der Waals surface area contributed by atoms with E-state index in [4.69, 9.17) is 10.7 Å². The van der Waals surface area contributed by atoms with Gasteiger partial charge in [0.25, 0.3) is 0 Å². The molecule has 1 aliphatic heterocycles. The number of imidazole rings is 1. The first kappa shape index (κ1) is 11.9. The van der Waals surface area contributed by atoms with Crippen molar-refractivity contribution in [3.8, 4) is 0 Å². The lowest BCUT2D eigenvalue weighted by Gasteiger charge is -2.31. The molecule has 3 rings (SSSR count). The summed E-state index contributed by atoms with van der Waals surface area (Å²) in [4.78, 5) is 7.11. The quantitative estimate of drug-likeness (QED) is 0.895. The number of hydrogen-bond donors (Lipinski definition) is 1. The van der Waals surface area contributed by atoms with Gasteiger partial charge < -0.3 is 15.0 Å². The smallest absolute Gasteiger partial charge is 0.152 e. The molecule has 1 aliphatic rings. The molecule has 18 heavy (non-hydrogen) atoms. The lowest BCUT2D eigenvalue weighted by Crippen LogP contribution is -2.37. The molecule has 1 saturated heterocycles. The van der Waals surface area contributed by atoms with Crippen LogP contribution in [-0.4, -0.2) is 33.5 Å². The summed E-state index contributed by atoms with van der Waals surface area (Å²) in [6.45, 7) is 4.92. The Labute approximate surface area is 111 Å². The van der Waals surface area contributed by atoms with Crippen molar-refractivity contribution in [2.45, 2.75) is 18.7 Å². The summed E-state index contributed by atoms with van der Waals surface area (Å²) in [6.07, 6.45) is 2.04. The lowest BCUT2D eigenvalue weighted by atomic mass is 10.3. The van der Waals surface area contributed by atoms with Crippen LogP contribution in [0.5, 0.6) is 0 Å². The molecule has 0 saturated carbocycles. The van der Waals surface area contributed by atoms with Crippen molar-refractivity contribution < 1.29 is 0 Å². The van der Waals surface area contributed by atoms with Crippen LogP contribution in [0.2, 0.25) is 0 Å². The molecule has 3 heterocycles. The van der Waals surface area contributed by atoms with E-state index < -0.39 is 0 Å². The summed E-state index contributed by atoms with van der Waals surface area (Å²) in [5, 5.41) is 0.661. The predicted octanol–water partition coefficient (Wildman–Crippen LogP) is 1.73. The Balaban J connectivity index is 2.05. The van der Waals surface area contributed by atoms with Gasteiger partial charge >= 0.3 is 0 Å². The zero-order valence-corrected chi connectivity index (χ0v) is 11.4. The van der Waals surface area contributed by atoms with Gasteiger partial charge in [-0.1, -0.05) is 13.0 Å². The van der Waals surface area contributed by atoms with Gasteiger partial charge in [0.05, 0.1) is 5.69 Å². The van der Waals surface area contributed by atoms with Crippen LogP contribution >= 0.6 is 11.8 Å². The molecule has 0 spiro atoms. The van der Waals surface area contributed by atoms with Crippen LogP contribution in [0.4, 0.5) is 5.82 Å². The number of aromatic nitrogens is 2. The summed E-state index contributed by atoms with van der Waals surface area (Å²) in [6, 6.07) is 6.07. The molecule has 0 radical (unpaired) electrons. The molecule has 96 valence electrons. The number of rotatable bonds is 2. The molecule has 1 fully saturated rings. The van der Waals surface area contributed by atoms with E-state index in [-0.39, 0.29) is 0 Å². The summed E-state index contributed by atoms with van der Waals surface area (Å²) >= 11 is 2.03. The van der Waals surface area contributed by atoms with Crippen LogP contribution < -0.4 is 10.6 Å². The Kier molecular flexibility index (Phi) is 3.18. The largest absolute Gasteiger partial charge is 0.353 e. The SMILES string of the molecule is CC1CN(c2nc3ccccn3c2CN)CCS1. The third-order valence-electron chi connectivity index (χ3n) is 3.34. The molecule has 1 atom stereocenters. The summed E-state index contributed by atoms with van der Waals surface area (Å²) < 4.78 is 2.10. The van der Waals surface area contributed by atoms with Crippen molar-refractivity contribution in [1.82, 2.24) is 9.38 Å². The topological polar surface area (TPSA) is 46.6 Å². The first-order valence-electron chi connectivity index (χ1n) is 6.32. The number of hydrogen-bond acceptors (Lipinski definition) is 4. The van der Waals surface area contributed by atoms with E-state index in [1.54, 1.807) is 0 Å². The molecule has 2 aromatic rings. The van der Waals surface area contributed by atoms with E-state index in [0.717, 1.165) is 30.2 Å². The van der Waals surface area contributed by atoms with Gasteiger partial charge in [0.2, 0.25) is 0 Å². The van der Waals surface area contributed by atoms with E-state index in [0.29, 0.717) is 11.8 Å². The minimum Gasteiger partial charge on any atom is -0.353 e. The highest BCUT2D eigenvalue weighted by molar-refractivity contribution is 8.00. The van der Waals surface area contributed by atoms with E-state index in [9.17, 15) is 0 Å². The van der Waals surface area contributed by atoms with Crippen molar-refractivity contribution in [2.24, 2.45) is 5.73 Å². The molecular formula is C13H18N4S. The number of pyridine rings is 1. The molecule has 5 heteroatoms. The molecule has 0 amide bonds. The second-order valence-electron chi connectivity index (χ2n) is 4.64. The molecule has 0 aromatic carbocycles. The van der Waals surface area contributed by atoms with Crippen LogP contribution in [0.15, 0.2) is 24.4 Å². The summed E-state index contributed by atoms with van der Waals surface area (Å²) in [5.41, 5.74) is 8.01. The normalized spacial score (nSPS) is 20.6. The lowest BCUT2D eigenvalue weighted by molar-refractivity contribution is 0.764. The molecule has 2 N–H and O–H groups in total. The maximum Gasteiger partial charge on any atom is 0.152 e. The maximum atomic E-state index is 5.91. The van der Waals surface area contributed by atoms with Crippen LogP contribution in [0.3, 0.4) is 0 Å².